The number of carbonyl (C=O) groups excluding carboxylic acids is 1. The number of benzene rings is 1. The SMILES string of the molecule is C[C@@H](c1ccc(-c2ccn(C)c(=O)c2)cc1)N1CC[C@@]2(CCCC3(C2)OCCO3)OC1=O. The lowest BCUT2D eigenvalue weighted by Crippen LogP contribution is -2.55. The fourth-order valence-electron chi connectivity index (χ4n) is 5.32. The van der Waals surface area contributed by atoms with Gasteiger partial charge in [0.1, 0.15) is 5.60 Å². The Balaban J connectivity index is 1.28. The van der Waals surface area contributed by atoms with E-state index in [0.29, 0.717) is 26.2 Å². The number of hydrogen-bond acceptors (Lipinski definition) is 5. The molecule has 0 radical (unpaired) electrons. The van der Waals surface area contributed by atoms with Gasteiger partial charge in [-0.2, -0.15) is 0 Å². The van der Waals surface area contributed by atoms with Gasteiger partial charge in [-0.15, -0.1) is 0 Å². The molecule has 1 saturated carbocycles. The van der Waals surface area contributed by atoms with Gasteiger partial charge in [0.15, 0.2) is 5.79 Å². The van der Waals surface area contributed by atoms with Gasteiger partial charge >= 0.3 is 6.09 Å². The summed E-state index contributed by atoms with van der Waals surface area (Å²) in [6.45, 7) is 3.89. The molecule has 2 aliphatic heterocycles. The van der Waals surface area contributed by atoms with Gasteiger partial charge in [-0.05, 0) is 42.5 Å². The third-order valence-corrected chi connectivity index (χ3v) is 7.24. The third-order valence-electron chi connectivity index (χ3n) is 7.24. The van der Waals surface area contributed by atoms with Gasteiger partial charge in [-0.3, -0.25) is 4.79 Å². The molecule has 7 nitrogen and oxygen atoms in total. The lowest BCUT2D eigenvalue weighted by atomic mass is 9.78. The summed E-state index contributed by atoms with van der Waals surface area (Å²) in [6.07, 6.45) is 5.57. The van der Waals surface area contributed by atoms with Gasteiger partial charge in [0.05, 0.1) is 19.3 Å². The highest BCUT2D eigenvalue weighted by atomic mass is 16.7. The van der Waals surface area contributed by atoms with Crippen molar-refractivity contribution in [2.24, 2.45) is 7.05 Å². The number of carbonyl (C=O) groups is 1. The molecular weight excluding hydrogens is 408 g/mol. The Morgan fingerprint density at radius 1 is 0.969 bits per heavy atom. The molecule has 170 valence electrons. The van der Waals surface area contributed by atoms with Crippen molar-refractivity contribution in [3.63, 3.8) is 0 Å². The highest BCUT2D eigenvalue weighted by molar-refractivity contribution is 5.70. The Kier molecular flexibility index (Phi) is 5.34. The van der Waals surface area contributed by atoms with E-state index < -0.39 is 11.4 Å². The second-order valence-corrected chi connectivity index (χ2v) is 9.29. The minimum atomic E-state index is -0.569. The molecule has 2 atom stereocenters. The predicted molar refractivity (Wildman–Crippen MR) is 119 cm³/mol. The van der Waals surface area contributed by atoms with Gasteiger partial charge in [-0.25, -0.2) is 4.79 Å². The predicted octanol–water partition coefficient (Wildman–Crippen LogP) is 4.01. The normalized spacial score (nSPS) is 25.8. The summed E-state index contributed by atoms with van der Waals surface area (Å²) in [4.78, 5) is 26.8. The molecular formula is C25H30N2O5. The lowest BCUT2D eigenvalue weighted by Gasteiger charge is -2.48. The van der Waals surface area contributed by atoms with Crippen LogP contribution < -0.4 is 5.56 Å². The maximum absolute atomic E-state index is 13.0. The van der Waals surface area contributed by atoms with Crippen LogP contribution in [0, 0.1) is 0 Å². The van der Waals surface area contributed by atoms with Crippen molar-refractivity contribution in [3.8, 4) is 11.1 Å². The highest BCUT2D eigenvalue weighted by Gasteiger charge is 2.53. The van der Waals surface area contributed by atoms with Gasteiger partial charge in [-0.1, -0.05) is 24.3 Å². The number of ether oxygens (including phenoxy) is 3. The van der Waals surface area contributed by atoms with Crippen LogP contribution in [0.4, 0.5) is 4.79 Å². The van der Waals surface area contributed by atoms with E-state index >= 15 is 0 Å². The van der Waals surface area contributed by atoms with E-state index in [2.05, 4.69) is 0 Å². The molecule has 3 aliphatic rings. The minimum absolute atomic E-state index is 0.0390. The molecule has 2 saturated heterocycles. The van der Waals surface area contributed by atoms with E-state index in [-0.39, 0.29) is 17.7 Å². The van der Waals surface area contributed by atoms with Crippen LogP contribution in [0.15, 0.2) is 47.4 Å². The van der Waals surface area contributed by atoms with Gasteiger partial charge in [0.25, 0.3) is 5.56 Å². The zero-order valence-corrected chi connectivity index (χ0v) is 18.7. The van der Waals surface area contributed by atoms with Crippen molar-refractivity contribution in [1.82, 2.24) is 9.47 Å². The first-order valence-electron chi connectivity index (χ1n) is 11.4. The first kappa shape index (κ1) is 21.2. The molecule has 1 amide bonds. The molecule has 1 aliphatic carbocycles. The Morgan fingerprint density at radius 2 is 1.72 bits per heavy atom. The van der Waals surface area contributed by atoms with Gasteiger partial charge in [0.2, 0.25) is 0 Å². The van der Waals surface area contributed by atoms with Crippen LogP contribution in [0.5, 0.6) is 0 Å². The van der Waals surface area contributed by atoms with E-state index in [9.17, 15) is 9.59 Å². The molecule has 5 rings (SSSR count). The summed E-state index contributed by atoms with van der Waals surface area (Å²) in [6, 6.07) is 11.5. The number of aromatic nitrogens is 1. The topological polar surface area (TPSA) is 70.0 Å². The molecule has 2 spiro atoms. The van der Waals surface area contributed by atoms with Crippen LogP contribution >= 0.6 is 0 Å². The van der Waals surface area contributed by atoms with Crippen LogP contribution in [0.1, 0.15) is 50.6 Å². The van der Waals surface area contributed by atoms with Crippen molar-refractivity contribution in [2.45, 2.75) is 56.5 Å². The van der Waals surface area contributed by atoms with E-state index in [1.807, 2.05) is 37.3 Å². The molecule has 0 unspecified atom stereocenters. The zero-order valence-electron chi connectivity index (χ0n) is 18.7. The molecule has 0 bridgehead atoms. The average molecular weight is 439 g/mol. The Hall–Kier alpha value is -2.64. The number of rotatable bonds is 3. The van der Waals surface area contributed by atoms with Crippen LogP contribution in [0.3, 0.4) is 0 Å². The molecule has 1 aromatic carbocycles. The summed E-state index contributed by atoms with van der Waals surface area (Å²) in [5.41, 5.74) is 2.37. The summed E-state index contributed by atoms with van der Waals surface area (Å²) >= 11 is 0. The molecule has 3 heterocycles. The van der Waals surface area contributed by atoms with Crippen molar-refractivity contribution in [1.29, 1.82) is 0 Å². The monoisotopic (exact) mass is 438 g/mol. The van der Waals surface area contributed by atoms with Crippen LogP contribution in [0.2, 0.25) is 0 Å². The number of pyridine rings is 1. The quantitative estimate of drug-likeness (QED) is 0.724. The van der Waals surface area contributed by atoms with Crippen molar-refractivity contribution >= 4 is 6.09 Å². The van der Waals surface area contributed by atoms with Crippen molar-refractivity contribution in [3.05, 3.63) is 58.5 Å². The number of nitrogens with zero attached hydrogens (tertiary/aromatic N) is 2. The minimum Gasteiger partial charge on any atom is -0.442 e. The molecule has 32 heavy (non-hydrogen) atoms. The molecule has 2 aromatic rings. The van der Waals surface area contributed by atoms with Gasteiger partial charge in [0, 0.05) is 45.1 Å². The van der Waals surface area contributed by atoms with E-state index in [1.165, 1.54) is 0 Å². The summed E-state index contributed by atoms with van der Waals surface area (Å²) < 4.78 is 19.4. The Bertz CT molecular complexity index is 1060. The Morgan fingerprint density at radius 3 is 2.41 bits per heavy atom. The third kappa shape index (κ3) is 3.84. The largest absolute Gasteiger partial charge is 0.442 e. The maximum Gasteiger partial charge on any atom is 0.410 e. The first-order valence-corrected chi connectivity index (χ1v) is 11.4. The van der Waals surface area contributed by atoms with Crippen LogP contribution in [0.25, 0.3) is 11.1 Å². The highest BCUT2D eigenvalue weighted by Crippen LogP contribution is 2.46. The smallest absolute Gasteiger partial charge is 0.410 e. The van der Waals surface area contributed by atoms with E-state index in [4.69, 9.17) is 14.2 Å². The lowest BCUT2D eigenvalue weighted by molar-refractivity contribution is -0.225. The molecule has 0 N–H and O–H groups in total. The van der Waals surface area contributed by atoms with E-state index in [1.54, 1.807) is 28.8 Å². The van der Waals surface area contributed by atoms with Crippen LogP contribution in [-0.4, -0.2) is 46.7 Å². The summed E-state index contributed by atoms with van der Waals surface area (Å²) in [5, 5.41) is 0. The number of aryl methyl sites for hydroxylation is 1. The number of hydrogen-bond donors (Lipinski definition) is 0. The zero-order chi connectivity index (χ0) is 22.3. The fraction of sp³-hybridized carbons (Fsp3) is 0.520. The molecule has 7 heteroatoms. The summed E-state index contributed by atoms with van der Waals surface area (Å²) in [5.74, 6) is -0.569. The average Bonchev–Trinajstić information content (AvgIpc) is 3.22. The van der Waals surface area contributed by atoms with Crippen molar-refractivity contribution < 1.29 is 19.0 Å². The summed E-state index contributed by atoms with van der Waals surface area (Å²) in [7, 11) is 1.74. The maximum atomic E-state index is 13.0. The van der Waals surface area contributed by atoms with E-state index in [0.717, 1.165) is 42.4 Å². The fourth-order valence-corrected chi connectivity index (χ4v) is 5.32. The Labute approximate surface area is 187 Å². The van der Waals surface area contributed by atoms with Crippen molar-refractivity contribution in [2.75, 3.05) is 19.8 Å². The second kappa shape index (κ2) is 8.05. The first-order chi connectivity index (χ1) is 15.4. The molecule has 1 aromatic heterocycles. The number of amides is 1. The standard InChI is InChI=1S/C25H30N2O5/c1-18(19-4-6-20(7-5-19)21-8-12-26(2)22(28)16-21)27-13-11-24(32-23(27)29)9-3-10-25(17-24)30-14-15-31-25/h4-8,12,16,18H,3,9-11,13-15,17H2,1-2H3/t18-,24+/m0/s1. The second-order valence-electron chi connectivity index (χ2n) is 9.29. The van der Waals surface area contributed by atoms with Crippen LogP contribution in [-0.2, 0) is 21.3 Å². The molecule has 3 fully saturated rings. The van der Waals surface area contributed by atoms with Gasteiger partial charge < -0.3 is 23.7 Å².